The quantitative estimate of drug-likeness (QED) is 0.577. The molecule has 0 aromatic heterocycles. The van der Waals surface area contributed by atoms with Gasteiger partial charge in [0.1, 0.15) is 6.04 Å². The molecule has 1 atom stereocenters. The fourth-order valence-corrected chi connectivity index (χ4v) is 0.749. The number of nitrogens with two attached hydrogens (primary N) is 1. The van der Waals surface area contributed by atoms with Crippen molar-refractivity contribution in [3.8, 4) is 0 Å². The number of carboxylic acids is 1. The number of hydrogen-bond donors (Lipinski definition) is 3. The van der Waals surface area contributed by atoms with Gasteiger partial charge in [0.15, 0.2) is 0 Å². The van der Waals surface area contributed by atoms with Crippen LogP contribution in [0.2, 0.25) is 0 Å². The van der Waals surface area contributed by atoms with Crippen LogP contribution in [0.15, 0.2) is 0 Å². The fourth-order valence-electron chi connectivity index (χ4n) is 0.749. The zero-order valence-electron chi connectivity index (χ0n) is 9.23. The zero-order chi connectivity index (χ0) is 11.6. The molecule has 0 spiro atoms. The van der Waals surface area contributed by atoms with Crippen molar-refractivity contribution in [2.75, 3.05) is 26.2 Å². The Kier molecular flexibility index (Phi) is 11.8. The molecule has 5 heteroatoms. The van der Waals surface area contributed by atoms with Crippen LogP contribution in [0.3, 0.4) is 0 Å². The van der Waals surface area contributed by atoms with E-state index in [4.69, 9.17) is 15.9 Å². The Hall–Kier alpha value is -0.650. The monoisotopic (exact) mass is 206 g/mol. The number of aliphatic hydroxyl groups is 1. The minimum Gasteiger partial charge on any atom is -0.480 e. The van der Waals surface area contributed by atoms with Gasteiger partial charge in [0.2, 0.25) is 0 Å². The third kappa shape index (κ3) is 9.44. The lowest BCUT2D eigenvalue weighted by molar-refractivity contribution is -0.139. The molecule has 0 fully saturated rings. The van der Waals surface area contributed by atoms with Crippen molar-refractivity contribution in [1.29, 1.82) is 0 Å². The van der Waals surface area contributed by atoms with Crippen molar-refractivity contribution >= 4 is 5.97 Å². The number of carboxylic acid groups (broad SMARTS) is 1. The molecular weight excluding hydrogens is 184 g/mol. The molecule has 86 valence electrons. The molecule has 0 aliphatic rings. The zero-order valence-corrected chi connectivity index (χ0v) is 9.23. The standard InChI is InChI=1S/C6H15N.C3H7NO3/c1-4-7(5-2)6-3;4-2(1-5)3(6)7/h4-6H2,1-3H3;2,5H,1,4H2,(H,6,7). The highest BCUT2D eigenvalue weighted by Crippen LogP contribution is 1.81. The first-order chi connectivity index (χ1) is 6.53. The smallest absolute Gasteiger partial charge is 0.322 e. The van der Waals surface area contributed by atoms with Crippen molar-refractivity contribution in [3.05, 3.63) is 0 Å². The van der Waals surface area contributed by atoms with Gasteiger partial charge in [-0.2, -0.15) is 0 Å². The lowest BCUT2D eigenvalue weighted by atomic mass is 10.3. The van der Waals surface area contributed by atoms with E-state index in [1.54, 1.807) is 0 Å². The molecule has 0 aliphatic carbocycles. The van der Waals surface area contributed by atoms with E-state index in [1.165, 1.54) is 19.6 Å². The van der Waals surface area contributed by atoms with Gasteiger partial charge in [0, 0.05) is 0 Å². The lowest BCUT2D eigenvalue weighted by Crippen LogP contribution is -2.33. The third-order valence-electron chi connectivity index (χ3n) is 1.86. The lowest BCUT2D eigenvalue weighted by Gasteiger charge is -2.13. The first kappa shape index (κ1) is 15.8. The van der Waals surface area contributed by atoms with E-state index < -0.39 is 18.6 Å². The van der Waals surface area contributed by atoms with E-state index in [0.29, 0.717) is 0 Å². The van der Waals surface area contributed by atoms with Crippen molar-refractivity contribution < 1.29 is 15.0 Å². The van der Waals surface area contributed by atoms with Crippen molar-refractivity contribution in [2.24, 2.45) is 5.73 Å². The summed E-state index contributed by atoms with van der Waals surface area (Å²) >= 11 is 0. The van der Waals surface area contributed by atoms with E-state index in [0.717, 1.165) is 0 Å². The molecule has 0 aromatic rings. The minimum atomic E-state index is -1.18. The first-order valence-electron chi connectivity index (χ1n) is 4.84. The van der Waals surface area contributed by atoms with Gasteiger partial charge in [0.05, 0.1) is 6.61 Å². The first-order valence-corrected chi connectivity index (χ1v) is 4.84. The third-order valence-corrected chi connectivity index (χ3v) is 1.86. The Labute approximate surface area is 85.5 Å². The molecule has 0 aliphatic heterocycles. The highest BCUT2D eigenvalue weighted by Gasteiger charge is 2.06. The Balaban J connectivity index is 0. The molecule has 0 saturated heterocycles. The minimum absolute atomic E-state index is 0.505. The molecule has 0 heterocycles. The number of aliphatic carboxylic acids is 1. The summed E-state index contributed by atoms with van der Waals surface area (Å²) in [5.74, 6) is -1.18. The Morgan fingerprint density at radius 3 is 1.64 bits per heavy atom. The van der Waals surface area contributed by atoms with Gasteiger partial charge in [0.25, 0.3) is 0 Å². The average Bonchev–Trinajstić information content (AvgIpc) is 2.20. The van der Waals surface area contributed by atoms with Crippen LogP contribution in [-0.2, 0) is 4.79 Å². The molecule has 0 radical (unpaired) electrons. The molecule has 14 heavy (non-hydrogen) atoms. The average molecular weight is 206 g/mol. The highest BCUT2D eigenvalue weighted by molar-refractivity contribution is 5.73. The summed E-state index contributed by atoms with van der Waals surface area (Å²) in [6, 6.07) is -1.13. The number of hydrogen-bond acceptors (Lipinski definition) is 4. The molecule has 1 unspecified atom stereocenters. The summed E-state index contributed by atoms with van der Waals surface area (Å²) in [5.41, 5.74) is 4.77. The van der Waals surface area contributed by atoms with E-state index in [2.05, 4.69) is 25.7 Å². The van der Waals surface area contributed by atoms with E-state index >= 15 is 0 Å². The molecule has 0 amide bonds. The van der Waals surface area contributed by atoms with Gasteiger partial charge in [-0.25, -0.2) is 0 Å². The molecule has 5 nitrogen and oxygen atoms in total. The van der Waals surface area contributed by atoms with E-state index in [9.17, 15) is 4.79 Å². The van der Waals surface area contributed by atoms with Crippen LogP contribution in [0.5, 0.6) is 0 Å². The van der Waals surface area contributed by atoms with Crippen LogP contribution in [0.25, 0.3) is 0 Å². The summed E-state index contributed by atoms with van der Waals surface area (Å²) in [4.78, 5) is 12.0. The van der Waals surface area contributed by atoms with Gasteiger partial charge in [-0.05, 0) is 19.6 Å². The topological polar surface area (TPSA) is 86.8 Å². The molecule has 4 N–H and O–H groups in total. The number of aliphatic hydroxyl groups excluding tert-OH is 1. The van der Waals surface area contributed by atoms with Gasteiger partial charge in [-0.3, -0.25) is 4.79 Å². The van der Waals surface area contributed by atoms with Crippen LogP contribution in [0.1, 0.15) is 20.8 Å². The predicted octanol–water partition coefficient (Wildman–Crippen LogP) is -0.261. The maximum absolute atomic E-state index is 9.65. The van der Waals surface area contributed by atoms with E-state index in [1.807, 2.05) is 0 Å². The van der Waals surface area contributed by atoms with Crippen LogP contribution in [0.4, 0.5) is 0 Å². The second-order valence-corrected chi connectivity index (χ2v) is 2.75. The molecule has 0 bridgehead atoms. The van der Waals surface area contributed by atoms with Gasteiger partial charge < -0.3 is 20.8 Å². The maximum Gasteiger partial charge on any atom is 0.322 e. The summed E-state index contributed by atoms with van der Waals surface area (Å²) in [6.07, 6.45) is 0. The normalized spacial score (nSPS) is 11.9. The SMILES string of the molecule is CCN(CC)CC.NC(CO)C(=O)O. The largest absolute Gasteiger partial charge is 0.480 e. The fraction of sp³-hybridized carbons (Fsp3) is 0.889. The second kappa shape index (κ2) is 10.4. The summed E-state index contributed by atoms with van der Waals surface area (Å²) in [6.45, 7) is 9.62. The number of rotatable bonds is 5. The highest BCUT2D eigenvalue weighted by atomic mass is 16.4. The van der Waals surface area contributed by atoms with Crippen molar-refractivity contribution in [2.45, 2.75) is 26.8 Å². The van der Waals surface area contributed by atoms with E-state index in [-0.39, 0.29) is 0 Å². The maximum atomic E-state index is 9.65. The second-order valence-electron chi connectivity index (χ2n) is 2.75. The predicted molar refractivity (Wildman–Crippen MR) is 56.2 cm³/mol. The van der Waals surface area contributed by atoms with Gasteiger partial charge in [-0.15, -0.1) is 0 Å². The summed E-state index contributed by atoms with van der Waals surface area (Å²) in [5, 5.41) is 15.9. The Morgan fingerprint density at radius 2 is 1.64 bits per heavy atom. The number of nitrogens with zero attached hydrogens (tertiary/aromatic N) is 1. The molecule has 0 rings (SSSR count). The van der Waals surface area contributed by atoms with Crippen LogP contribution >= 0.6 is 0 Å². The Bertz CT molecular complexity index is 133. The molecule has 0 saturated carbocycles. The Morgan fingerprint density at radius 1 is 1.29 bits per heavy atom. The molecule has 0 aromatic carbocycles. The number of carbonyl (C=O) groups is 1. The van der Waals surface area contributed by atoms with Crippen LogP contribution in [-0.4, -0.2) is 53.4 Å². The molecular formula is C9H22N2O3. The van der Waals surface area contributed by atoms with Crippen LogP contribution in [0, 0.1) is 0 Å². The summed E-state index contributed by atoms with van der Waals surface area (Å²) < 4.78 is 0. The van der Waals surface area contributed by atoms with Crippen molar-refractivity contribution in [3.63, 3.8) is 0 Å². The summed E-state index contributed by atoms with van der Waals surface area (Å²) in [7, 11) is 0. The van der Waals surface area contributed by atoms with Gasteiger partial charge in [-0.1, -0.05) is 20.8 Å². The van der Waals surface area contributed by atoms with Gasteiger partial charge >= 0.3 is 5.97 Å². The van der Waals surface area contributed by atoms with Crippen LogP contribution < -0.4 is 5.73 Å². The van der Waals surface area contributed by atoms with Crippen molar-refractivity contribution in [1.82, 2.24) is 4.90 Å².